The molecule has 0 aromatic rings. The van der Waals surface area contributed by atoms with Gasteiger partial charge in [0.05, 0.1) is 0 Å². The monoisotopic (exact) mass is 336 g/mol. The Morgan fingerprint density at radius 1 is 0.917 bits per heavy atom. The van der Waals surface area contributed by atoms with Crippen molar-refractivity contribution in [2.45, 2.75) is 64.2 Å². The summed E-state index contributed by atoms with van der Waals surface area (Å²) in [6.07, 6.45) is 12.1. The molecule has 24 heavy (non-hydrogen) atoms. The molecule has 138 valence electrons. The maximum Gasteiger partial charge on any atom is 0.225 e. The van der Waals surface area contributed by atoms with E-state index >= 15 is 0 Å². The van der Waals surface area contributed by atoms with Crippen LogP contribution in [-0.4, -0.2) is 50.2 Å². The average molecular weight is 337 g/mol. The number of ether oxygens (including phenoxy) is 1. The van der Waals surface area contributed by atoms with Crippen LogP contribution in [0.2, 0.25) is 0 Å². The fraction of sp³-hybridized carbons (Fsp3) is 0.950. The van der Waals surface area contributed by atoms with E-state index in [9.17, 15) is 4.79 Å². The average Bonchev–Trinajstić information content (AvgIpc) is 2.67. The number of amides is 1. The number of hydrogen-bond donors (Lipinski definition) is 1. The summed E-state index contributed by atoms with van der Waals surface area (Å²) in [4.78, 5) is 14.7. The number of hydrogen-bond acceptors (Lipinski definition) is 3. The first-order valence-corrected chi connectivity index (χ1v) is 10.4. The highest BCUT2D eigenvalue weighted by Crippen LogP contribution is 2.28. The van der Waals surface area contributed by atoms with Gasteiger partial charge >= 0.3 is 0 Å². The van der Waals surface area contributed by atoms with E-state index in [-0.39, 0.29) is 0 Å². The summed E-state index contributed by atoms with van der Waals surface area (Å²) < 4.78 is 5.94. The molecule has 0 unspecified atom stereocenters. The standard InChI is InChI=1S/C20H36N2O2/c23-20(19-4-2-1-3-5-19)22-13-8-17(9-14-22)10-15-24-16-18-6-11-21-12-7-18/h17-19,21H,1-16H2. The second kappa shape index (κ2) is 9.76. The van der Waals surface area contributed by atoms with E-state index in [0.717, 1.165) is 64.1 Å². The van der Waals surface area contributed by atoms with Gasteiger partial charge in [-0.05, 0) is 69.9 Å². The minimum absolute atomic E-state index is 0.337. The predicted octanol–water partition coefficient (Wildman–Crippen LogP) is 3.21. The van der Waals surface area contributed by atoms with E-state index in [4.69, 9.17) is 4.74 Å². The van der Waals surface area contributed by atoms with Gasteiger partial charge in [0.25, 0.3) is 0 Å². The number of nitrogens with zero attached hydrogens (tertiary/aromatic N) is 1. The Hall–Kier alpha value is -0.610. The van der Waals surface area contributed by atoms with Gasteiger partial charge in [-0.3, -0.25) is 4.79 Å². The Morgan fingerprint density at radius 2 is 1.62 bits per heavy atom. The third-order valence-corrected chi connectivity index (χ3v) is 6.36. The van der Waals surface area contributed by atoms with Crippen molar-refractivity contribution in [2.75, 3.05) is 39.4 Å². The lowest BCUT2D eigenvalue weighted by Crippen LogP contribution is -2.42. The van der Waals surface area contributed by atoms with Crippen molar-refractivity contribution in [2.24, 2.45) is 17.8 Å². The van der Waals surface area contributed by atoms with E-state index in [1.165, 1.54) is 51.4 Å². The van der Waals surface area contributed by atoms with E-state index in [1.807, 2.05) is 0 Å². The minimum atomic E-state index is 0.337. The molecule has 3 aliphatic rings. The first-order chi connectivity index (χ1) is 11.8. The fourth-order valence-electron chi connectivity index (χ4n) is 4.60. The zero-order chi connectivity index (χ0) is 16.6. The summed E-state index contributed by atoms with van der Waals surface area (Å²) in [5, 5.41) is 3.41. The van der Waals surface area contributed by atoms with Crippen LogP contribution in [0.3, 0.4) is 0 Å². The fourth-order valence-corrected chi connectivity index (χ4v) is 4.60. The minimum Gasteiger partial charge on any atom is -0.381 e. The van der Waals surface area contributed by atoms with Crippen LogP contribution in [0.1, 0.15) is 64.2 Å². The van der Waals surface area contributed by atoms with Crippen molar-refractivity contribution in [3.8, 4) is 0 Å². The van der Waals surface area contributed by atoms with E-state index < -0.39 is 0 Å². The third-order valence-electron chi connectivity index (χ3n) is 6.36. The third kappa shape index (κ3) is 5.45. The molecule has 1 saturated carbocycles. The van der Waals surface area contributed by atoms with Crippen molar-refractivity contribution in [1.29, 1.82) is 0 Å². The van der Waals surface area contributed by atoms with Crippen LogP contribution in [0, 0.1) is 17.8 Å². The van der Waals surface area contributed by atoms with Crippen LogP contribution in [-0.2, 0) is 9.53 Å². The zero-order valence-corrected chi connectivity index (χ0v) is 15.3. The number of nitrogens with one attached hydrogen (secondary N) is 1. The van der Waals surface area contributed by atoms with Crippen molar-refractivity contribution in [3.63, 3.8) is 0 Å². The lowest BCUT2D eigenvalue weighted by Gasteiger charge is -2.35. The number of piperidine rings is 2. The molecule has 0 bridgehead atoms. The summed E-state index contributed by atoms with van der Waals surface area (Å²) in [6.45, 7) is 6.12. The maximum atomic E-state index is 12.6. The second-order valence-electron chi connectivity index (χ2n) is 8.16. The Balaban J connectivity index is 1.27. The van der Waals surface area contributed by atoms with Crippen molar-refractivity contribution in [3.05, 3.63) is 0 Å². The molecule has 1 aliphatic carbocycles. The predicted molar refractivity (Wildman–Crippen MR) is 96.9 cm³/mol. The van der Waals surface area contributed by atoms with Gasteiger partial charge in [0.1, 0.15) is 0 Å². The number of likely N-dealkylation sites (tertiary alicyclic amines) is 1. The molecule has 3 rings (SSSR count). The van der Waals surface area contributed by atoms with Gasteiger partial charge in [0, 0.05) is 32.2 Å². The van der Waals surface area contributed by atoms with Gasteiger partial charge in [-0.15, -0.1) is 0 Å². The highest BCUT2D eigenvalue weighted by molar-refractivity contribution is 5.79. The molecule has 0 atom stereocenters. The molecule has 1 amide bonds. The maximum absolute atomic E-state index is 12.6. The molecule has 1 N–H and O–H groups in total. The molecule has 4 heteroatoms. The molecule has 0 spiro atoms. The van der Waals surface area contributed by atoms with Crippen LogP contribution >= 0.6 is 0 Å². The normalized spacial score (nSPS) is 25.1. The van der Waals surface area contributed by atoms with Crippen LogP contribution < -0.4 is 5.32 Å². The van der Waals surface area contributed by atoms with E-state index in [0.29, 0.717) is 11.8 Å². The Kier molecular flexibility index (Phi) is 7.40. The second-order valence-corrected chi connectivity index (χ2v) is 8.16. The van der Waals surface area contributed by atoms with Crippen molar-refractivity contribution < 1.29 is 9.53 Å². The summed E-state index contributed by atoms with van der Waals surface area (Å²) in [5.74, 6) is 2.31. The molecule has 0 radical (unpaired) electrons. The lowest BCUT2D eigenvalue weighted by atomic mass is 9.87. The number of rotatable bonds is 6. The van der Waals surface area contributed by atoms with Crippen LogP contribution in [0.25, 0.3) is 0 Å². The summed E-state index contributed by atoms with van der Waals surface area (Å²) in [5.41, 5.74) is 0. The zero-order valence-electron chi connectivity index (χ0n) is 15.3. The first kappa shape index (κ1) is 18.2. The number of carbonyl (C=O) groups is 1. The lowest BCUT2D eigenvalue weighted by molar-refractivity contribution is -0.138. The largest absolute Gasteiger partial charge is 0.381 e. The first-order valence-electron chi connectivity index (χ1n) is 10.4. The molecular formula is C20H36N2O2. The summed E-state index contributed by atoms with van der Waals surface area (Å²) >= 11 is 0. The van der Waals surface area contributed by atoms with Crippen LogP contribution in [0.5, 0.6) is 0 Å². The Morgan fingerprint density at radius 3 is 2.33 bits per heavy atom. The molecule has 0 aromatic heterocycles. The summed E-state index contributed by atoms with van der Waals surface area (Å²) in [6, 6.07) is 0. The molecule has 3 fully saturated rings. The van der Waals surface area contributed by atoms with E-state index in [2.05, 4.69) is 10.2 Å². The molecule has 2 heterocycles. The molecule has 2 saturated heterocycles. The van der Waals surface area contributed by atoms with Crippen molar-refractivity contribution in [1.82, 2.24) is 10.2 Å². The molecule has 0 aromatic carbocycles. The van der Waals surface area contributed by atoms with Crippen LogP contribution in [0.4, 0.5) is 0 Å². The van der Waals surface area contributed by atoms with Crippen LogP contribution in [0.15, 0.2) is 0 Å². The van der Waals surface area contributed by atoms with Crippen molar-refractivity contribution >= 4 is 5.91 Å². The van der Waals surface area contributed by atoms with E-state index in [1.54, 1.807) is 0 Å². The van der Waals surface area contributed by atoms with Gasteiger partial charge in [0.15, 0.2) is 0 Å². The molecule has 4 nitrogen and oxygen atoms in total. The SMILES string of the molecule is O=C(C1CCCCC1)N1CCC(CCOCC2CCNCC2)CC1. The van der Waals surface area contributed by atoms with Gasteiger partial charge in [-0.25, -0.2) is 0 Å². The number of carbonyl (C=O) groups excluding carboxylic acids is 1. The topological polar surface area (TPSA) is 41.6 Å². The summed E-state index contributed by atoms with van der Waals surface area (Å²) in [7, 11) is 0. The molecule has 2 aliphatic heterocycles. The highest BCUT2D eigenvalue weighted by Gasteiger charge is 2.29. The smallest absolute Gasteiger partial charge is 0.225 e. The quantitative estimate of drug-likeness (QED) is 0.757. The van der Waals surface area contributed by atoms with Gasteiger partial charge in [0.2, 0.25) is 5.91 Å². The highest BCUT2D eigenvalue weighted by atomic mass is 16.5. The Labute approximate surface area is 147 Å². The molecular weight excluding hydrogens is 300 g/mol. The van der Waals surface area contributed by atoms with Gasteiger partial charge in [-0.2, -0.15) is 0 Å². The van der Waals surface area contributed by atoms with Gasteiger partial charge in [-0.1, -0.05) is 19.3 Å². The Bertz CT molecular complexity index is 368. The van der Waals surface area contributed by atoms with Gasteiger partial charge < -0.3 is 15.0 Å².